The number of carboxylic acid groups (broad SMARTS) is 1. The van der Waals surface area contributed by atoms with E-state index in [1.807, 2.05) is 0 Å². The molecule has 1 heterocycles. The van der Waals surface area contributed by atoms with Gasteiger partial charge in [0.05, 0.1) is 10.9 Å². The molecule has 0 radical (unpaired) electrons. The van der Waals surface area contributed by atoms with Crippen LogP contribution in [-0.2, 0) is 4.79 Å². The van der Waals surface area contributed by atoms with Crippen molar-refractivity contribution in [3.05, 3.63) is 29.8 Å². The fourth-order valence-corrected chi connectivity index (χ4v) is 1.99. The van der Waals surface area contributed by atoms with Gasteiger partial charge in [0.1, 0.15) is 0 Å². The molecule has 0 aromatic heterocycles. The van der Waals surface area contributed by atoms with E-state index in [-0.39, 0.29) is 16.8 Å². The lowest BCUT2D eigenvalue weighted by atomic mass is 10.2. The maximum atomic E-state index is 11.6. The number of carboxylic acids is 1. The van der Waals surface area contributed by atoms with Gasteiger partial charge >= 0.3 is 5.97 Å². The average Bonchev–Trinajstić information content (AvgIpc) is 2.58. The molecule has 1 fully saturated rings. The number of hydrogen-bond acceptors (Lipinski definition) is 2. The van der Waals surface area contributed by atoms with E-state index in [1.165, 1.54) is 17.0 Å². The van der Waals surface area contributed by atoms with Crippen LogP contribution in [0.1, 0.15) is 16.8 Å². The number of hydrogen-bond donors (Lipinski definition) is 1. The molecule has 1 saturated heterocycles. The maximum absolute atomic E-state index is 11.6. The summed E-state index contributed by atoms with van der Waals surface area (Å²) in [6, 6.07) is 6.30. The zero-order chi connectivity index (χ0) is 11.7. The molecule has 1 aliphatic heterocycles. The van der Waals surface area contributed by atoms with Crippen LogP contribution in [0, 0.1) is 0 Å². The number of anilines is 1. The molecular formula is C11H10ClNO3. The summed E-state index contributed by atoms with van der Waals surface area (Å²) in [5, 5.41) is 8.65. The summed E-state index contributed by atoms with van der Waals surface area (Å²) in [5.41, 5.74) is 0.761. The minimum Gasteiger partial charge on any atom is -0.478 e. The smallest absolute Gasteiger partial charge is 0.335 e. The minimum absolute atomic E-state index is 0.0671. The highest BCUT2D eigenvalue weighted by Gasteiger charge is 2.29. The van der Waals surface area contributed by atoms with Crippen LogP contribution in [0.4, 0.5) is 5.69 Å². The third-order valence-electron chi connectivity index (χ3n) is 2.48. The van der Waals surface area contributed by atoms with Crippen molar-refractivity contribution in [2.75, 3.05) is 11.4 Å². The summed E-state index contributed by atoms with van der Waals surface area (Å²) in [7, 11) is 0. The van der Waals surface area contributed by atoms with E-state index in [9.17, 15) is 9.59 Å². The lowest BCUT2D eigenvalue weighted by Gasteiger charge is -2.16. The zero-order valence-corrected chi connectivity index (χ0v) is 9.15. The fraction of sp³-hybridized carbons (Fsp3) is 0.273. The lowest BCUT2D eigenvalue weighted by molar-refractivity contribution is -0.117. The standard InChI is InChI=1S/C11H10ClNO3/c12-8-5-10(14)13(6-8)9-3-1-2-7(4-9)11(15)16/h1-4,8H,5-6H2,(H,15,16). The Morgan fingerprint density at radius 1 is 1.50 bits per heavy atom. The van der Waals surface area contributed by atoms with Crippen LogP contribution in [0.2, 0.25) is 0 Å². The highest BCUT2D eigenvalue weighted by atomic mass is 35.5. The highest BCUT2D eigenvalue weighted by Crippen LogP contribution is 2.24. The van der Waals surface area contributed by atoms with Gasteiger partial charge in [-0.05, 0) is 18.2 Å². The Bertz CT molecular complexity index is 447. The third-order valence-corrected chi connectivity index (χ3v) is 2.77. The molecule has 5 heteroatoms. The van der Waals surface area contributed by atoms with Crippen molar-refractivity contribution < 1.29 is 14.7 Å². The SMILES string of the molecule is O=C(O)c1cccc(N2CC(Cl)CC2=O)c1. The number of halogens is 1. The van der Waals surface area contributed by atoms with Gasteiger partial charge in [-0.15, -0.1) is 11.6 Å². The number of aromatic carboxylic acids is 1. The summed E-state index contributed by atoms with van der Waals surface area (Å²) in [6.07, 6.45) is 0.304. The van der Waals surface area contributed by atoms with Crippen molar-refractivity contribution >= 4 is 29.2 Å². The van der Waals surface area contributed by atoms with Gasteiger partial charge in [0.15, 0.2) is 0 Å². The molecule has 4 nitrogen and oxygen atoms in total. The van der Waals surface area contributed by atoms with E-state index in [1.54, 1.807) is 12.1 Å². The van der Waals surface area contributed by atoms with Crippen molar-refractivity contribution in [3.8, 4) is 0 Å². The van der Waals surface area contributed by atoms with Crippen LogP contribution in [0.3, 0.4) is 0 Å². The second kappa shape index (κ2) is 4.14. The molecule has 0 bridgehead atoms. The number of nitrogens with zero attached hydrogens (tertiary/aromatic N) is 1. The molecule has 2 rings (SSSR count). The van der Waals surface area contributed by atoms with E-state index in [4.69, 9.17) is 16.7 Å². The van der Waals surface area contributed by atoms with Gasteiger partial charge in [0, 0.05) is 18.7 Å². The molecule has 1 unspecified atom stereocenters. The van der Waals surface area contributed by atoms with Gasteiger partial charge in [-0.2, -0.15) is 0 Å². The third kappa shape index (κ3) is 2.02. The molecule has 0 spiro atoms. The quantitative estimate of drug-likeness (QED) is 0.800. The van der Waals surface area contributed by atoms with Gasteiger partial charge in [-0.3, -0.25) is 4.79 Å². The summed E-state index contributed by atoms with van der Waals surface area (Å²) < 4.78 is 0. The Morgan fingerprint density at radius 3 is 2.81 bits per heavy atom. The largest absolute Gasteiger partial charge is 0.478 e. The number of rotatable bonds is 2. The van der Waals surface area contributed by atoms with Crippen molar-refractivity contribution in [2.24, 2.45) is 0 Å². The first-order chi connectivity index (χ1) is 7.58. The first-order valence-electron chi connectivity index (χ1n) is 4.85. The Balaban J connectivity index is 2.30. The molecule has 1 amide bonds. The van der Waals surface area contributed by atoms with Gasteiger partial charge in [-0.25, -0.2) is 4.79 Å². The fourth-order valence-electron chi connectivity index (χ4n) is 1.72. The van der Waals surface area contributed by atoms with Gasteiger partial charge in [0.2, 0.25) is 5.91 Å². The van der Waals surface area contributed by atoms with Gasteiger partial charge < -0.3 is 10.0 Å². The topological polar surface area (TPSA) is 57.6 Å². The summed E-state index contributed by atoms with van der Waals surface area (Å²) in [4.78, 5) is 23.9. The van der Waals surface area contributed by atoms with Crippen LogP contribution in [0.5, 0.6) is 0 Å². The highest BCUT2D eigenvalue weighted by molar-refractivity contribution is 6.24. The average molecular weight is 240 g/mol. The zero-order valence-electron chi connectivity index (χ0n) is 8.39. The van der Waals surface area contributed by atoms with Crippen LogP contribution in [0.25, 0.3) is 0 Å². The van der Waals surface area contributed by atoms with Gasteiger partial charge in [-0.1, -0.05) is 6.07 Å². The normalized spacial score (nSPS) is 20.2. The number of alkyl halides is 1. The van der Waals surface area contributed by atoms with E-state index in [2.05, 4.69) is 0 Å². The van der Waals surface area contributed by atoms with Crippen molar-refractivity contribution in [2.45, 2.75) is 11.8 Å². The van der Waals surface area contributed by atoms with E-state index < -0.39 is 5.97 Å². The second-order valence-electron chi connectivity index (χ2n) is 3.66. The monoisotopic (exact) mass is 239 g/mol. The van der Waals surface area contributed by atoms with E-state index in [0.717, 1.165) is 0 Å². The molecule has 1 aromatic rings. The number of carbonyl (C=O) groups excluding carboxylic acids is 1. The molecule has 1 aliphatic rings. The van der Waals surface area contributed by atoms with Crippen molar-refractivity contribution in [3.63, 3.8) is 0 Å². The minimum atomic E-state index is -1.00. The summed E-state index contributed by atoms with van der Waals surface area (Å²) >= 11 is 5.88. The molecular weight excluding hydrogens is 230 g/mol. The summed E-state index contributed by atoms with van der Waals surface area (Å²) in [6.45, 7) is 0.434. The number of carbonyl (C=O) groups is 2. The second-order valence-corrected chi connectivity index (χ2v) is 4.28. The maximum Gasteiger partial charge on any atom is 0.335 e. The van der Waals surface area contributed by atoms with Gasteiger partial charge in [0.25, 0.3) is 0 Å². The molecule has 84 valence electrons. The Hall–Kier alpha value is -1.55. The van der Waals surface area contributed by atoms with E-state index in [0.29, 0.717) is 18.7 Å². The van der Waals surface area contributed by atoms with E-state index >= 15 is 0 Å². The molecule has 1 N–H and O–H groups in total. The Morgan fingerprint density at radius 2 is 2.25 bits per heavy atom. The number of benzene rings is 1. The predicted molar refractivity (Wildman–Crippen MR) is 60.0 cm³/mol. The van der Waals surface area contributed by atoms with Crippen LogP contribution >= 0.6 is 11.6 Å². The number of amides is 1. The van der Waals surface area contributed by atoms with Crippen LogP contribution in [0.15, 0.2) is 24.3 Å². The van der Waals surface area contributed by atoms with Crippen LogP contribution in [-0.4, -0.2) is 28.9 Å². The Labute approximate surface area is 97.4 Å². The summed E-state index contributed by atoms with van der Waals surface area (Å²) in [5.74, 6) is -1.07. The van der Waals surface area contributed by atoms with Crippen molar-refractivity contribution in [1.82, 2.24) is 0 Å². The van der Waals surface area contributed by atoms with Crippen LogP contribution < -0.4 is 4.90 Å². The first kappa shape index (κ1) is 11.0. The lowest BCUT2D eigenvalue weighted by Crippen LogP contribution is -2.24. The molecule has 1 aromatic carbocycles. The molecule has 0 aliphatic carbocycles. The van der Waals surface area contributed by atoms with Crippen molar-refractivity contribution in [1.29, 1.82) is 0 Å². The first-order valence-corrected chi connectivity index (χ1v) is 5.29. The molecule has 0 saturated carbocycles. The molecule has 16 heavy (non-hydrogen) atoms. The Kier molecular flexibility index (Phi) is 2.83. The predicted octanol–water partition coefficient (Wildman–Crippen LogP) is 1.73. The molecule has 1 atom stereocenters.